The van der Waals surface area contributed by atoms with Crippen molar-refractivity contribution in [3.63, 3.8) is 0 Å². The predicted molar refractivity (Wildman–Crippen MR) is 128 cm³/mol. The Hall–Kier alpha value is -2.16. The molecule has 0 spiro atoms. The van der Waals surface area contributed by atoms with Crippen LogP contribution in [0.2, 0.25) is 0 Å². The molecule has 1 heterocycles. The molecule has 0 N–H and O–H groups in total. The van der Waals surface area contributed by atoms with Crippen molar-refractivity contribution in [3.8, 4) is 17.0 Å². The molecule has 0 bridgehead atoms. The van der Waals surface area contributed by atoms with E-state index in [1.807, 2.05) is 36.5 Å². The molecule has 0 saturated heterocycles. The summed E-state index contributed by atoms with van der Waals surface area (Å²) in [6.45, 7) is 4.39. The molecule has 3 heteroatoms. The third kappa shape index (κ3) is 7.48. The zero-order valence-electron chi connectivity index (χ0n) is 19.4. The number of pyridine rings is 1. The Morgan fingerprint density at radius 2 is 1.61 bits per heavy atom. The van der Waals surface area contributed by atoms with Gasteiger partial charge in [-0.2, -0.15) is 0 Å². The minimum atomic E-state index is -0.0591. The Morgan fingerprint density at radius 1 is 0.903 bits per heavy atom. The number of rotatable bonds is 11. The summed E-state index contributed by atoms with van der Waals surface area (Å²) in [7, 11) is 0. The van der Waals surface area contributed by atoms with Gasteiger partial charge in [-0.25, -0.2) is 0 Å². The quantitative estimate of drug-likeness (QED) is 0.211. The first-order valence-electron chi connectivity index (χ1n) is 12.5. The third-order valence-corrected chi connectivity index (χ3v) is 6.75. The lowest BCUT2D eigenvalue weighted by atomic mass is 9.80. The van der Waals surface area contributed by atoms with Crippen LogP contribution in [0.25, 0.3) is 11.3 Å². The van der Waals surface area contributed by atoms with Crippen molar-refractivity contribution in [1.82, 2.24) is 4.98 Å². The molecule has 0 unspecified atom stereocenters. The van der Waals surface area contributed by atoms with E-state index in [0.29, 0.717) is 5.75 Å². The van der Waals surface area contributed by atoms with Crippen molar-refractivity contribution in [3.05, 3.63) is 48.2 Å². The van der Waals surface area contributed by atoms with Crippen molar-refractivity contribution in [2.24, 2.45) is 11.8 Å². The SMILES string of the molecule is CCCCCCCC[C@H]1CC[C@H](C(=O)Oc2ccc(-c3ccc(CC)cn3)cc2)CC1. The van der Waals surface area contributed by atoms with Gasteiger partial charge in [0.2, 0.25) is 0 Å². The molecule has 1 aromatic carbocycles. The smallest absolute Gasteiger partial charge is 0.314 e. The van der Waals surface area contributed by atoms with Crippen molar-refractivity contribution in [2.75, 3.05) is 0 Å². The van der Waals surface area contributed by atoms with Crippen LogP contribution >= 0.6 is 0 Å². The Balaban J connectivity index is 1.39. The van der Waals surface area contributed by atoms with Crippen LogP contribution < -0.4 is 4.74 Å². The summed E-state index contributed by atoms with van der Waals surface area (Å²) in [6.07, 6.45) is 16.7. The number of hydrogen-bond acceptors (Lipinski definition) is 3. The van der Waals surface area contributed by atoms with E-state index in [1.165, 1.54) is 63.4 Å². The first-order chi connectivity index (χ1) is 15.2. The second-order valence-electron chi connectivity index (χ2n) is 9.12. The topological polar surface area (TPSA) is 39.2 Å². The summed E-state index contributed by atoms with van der Waals surface area (Å²) in [5.41, 5.74) is 3.22. The van der Waals surface area contributed by atoms with Crippen LogP contribution in [0.15, 0.2) is 42.6 Å². The molecule has 1 fully saturated rings. The molecule has 0 atom stereocenters. The monoisotopic (exact) mass is 421 g/mol. The average molecular weight is 422 g/mol. The van der Waals surface area contributed by atoms with Gasteiger partial charge < -0.3 is 4.74 Å². The van der Waals surface area contributed by atoms with E-state index in [-0.39, 0.29) is 11.9 Å². The van der Waals surface area contributed by atoms with Gasteiger partial charge in [-0.3, -0.25) is 9.78 Å². The maximum absolute atomic E-state index is 12.6. The fourth-order valence-electron chi connectivity index (χ4n) is 4.60. The van der Waals surface area contributed by atoms with Crippen molar-refractivity contribution in [2.45, 2.75) is 90.9 Å². The standard InChI is InChI=1S/C28H39NO2/c1-3-5-6-7-8-9-10-23-11-14-25(15-12-23)28(30)31-26-18-16-24(17-19-26)27-20-13-22(4-2)21-29-27/h13,16-21,23,25H,3-12,14-15H2,1-2H3/t23-,25-. The highest BCUT2D eigenvalue weighted by Crippen LogP contribution is 2.33. The first kappa shape index (κ1) is 23.5. The molecule has 31 heavy (non-hydrogen) atoms. The van der Waals surface area contributed by atoms with Crippen LogP contribution in [0.1, 0.15) is 90.0 Å². The number of ether oxygens (including phenoxy) is 1. The van der Waals surface area contributed by atoms with Crippen LogP contribution in [0, 0.1) is 11.8 Å². The number of carbonyl (C=O) groups is 1. The summed E-state index contributed by atoms with van der Waals surface area (Å²) in [6, 6.07) is 11.9. The zero-order chi connectivity index (χ0) is 21.9. The maximum Gasteiger partial charge on any atom is 0.314 e. The van der Waals surface area contributed by atoms with Gasteiger partial charge in [0, 0.05) is 11.8 Å². The van der Waals surface area contributed by atoms with E-state index in [0.717, 1.165) is 36.4 Å². The van der Waals surface area contributed by atoms with Gasteiger partial charge in [-0.1, -0.05) is 64.9 Å². The number of benzene rings is 1. The second-order valence-corrected chi connectivity index (χ2v) is 9.12. The number of unbranched alkanes of at least 4 members (excludes halogenated alkanes) is 5. The fraction of sp³-hybridized carbons (Fsp3) is 0.571. The zero-order valence-corrected chi connectivity index (χ0v) is 19.4. The Morgan fingerprint density at radius 3 is 2.26 bits per heavy atom. The van der Waals surface area contributed by atoms with Gasteiger partial charge in [0.25, 0.3) is 0 Å². The van der Waals surface area contributed by atoms with Crippen LogP contribution in [-0.4, -0.2) is 11.0 Å². The highest BCUT2D eigenvalue weighted by molar-refractivity contribution is 5.75. The van der Waals surface area contributed by atoms with Crippen LogP contribution in [0.5, 0.6) is 5.75 Å². The van der Waals surface area contributed by atoms with Crippen LogP contribution in [0.4, 0.5) is 0 Å². The Labute approximate surface area is 188 Å². The molecule has 1 aromatic heterocycles. The molecular formula is C28H39NO2. The van der Waals surface area contributed by atoms with E-state index < -0.39 is 0 Å². The lowest BCUT2D eigenvalue weighted by Crippen LogP contribution is -2.25. The van der Waals surface area contributed by atoms with Gasteiger partial charge in [-0.05, 0) is 73.9 Å². The highest BCUT2D eigenvalue weighted by atomic mass is 16.5. The van der Waals surface area contributed by atoms with Gasteiger partial charge in [-0.15, -0.1) is 0 Å². The largest absolute Gasteiger partial charge is 0.426 e. The van der Waals surface area contributed by atoms with Crippen molar-refractivity contribution < 1.29 is 9.53 Å². The molecule has 3 nitrogen and oxygen atoms in total. The lowest BCUT2D eigenvalue weighted by Gasteiger charge is -2.27. The minimum Gasteiger partial charge on any atom is -0.426 e. The molecule has 0 amide bonds. The van der Waals surface area contributed by atoms with Gasteiger partial charge in [0.1, 0.15) is 5.75 Å². The molecule has 2 aromatic rings. The van der Waals surface area contributed by atoms with Gasteiger partial charge in [0.15, 0.2) is 0 Å². The second kappa shape index (κ2) is 12.6. The predicted octanol–water partition coefficient (Wildman–Crippen LogP) is 7.77. The van der Waals surface area contributed by atoms with E-state index >= 15 is 0 Å². The van der Waals surface area contributed by atoms with E-state index in [4.69, 9.17) is 4.74 Å². The minimum absolute atomic E-state index is 0.0590. The number of carbonyl (C=O) groups excluding carboxylic acids is 1. The Bertz CT molecular complexity index is 774. The average Bonchev–Trinajstić information content (AvgIpc) is 2.82. The molecule has 0 radical (unpaired) electrons. The molecule has 1 aliphatic carbocycles. The lowest BCUT2D eigenvalue weighted by molar-refractivity contribution is -0.140. The first-order valence-corrected chi connectivity index (χ1v) is 12.5. The normalized spacial score (nSPS) is 18.6. The van der Waals surface area contributed by atoms with E-state index in [2.05, 4.69) is 24.9 Å². The van der Waals surface area contributed by atoms with Gasteiger partial charge in [0.05, 0.1) is 11.6 Å². The molecular weight excluding hydrogens is 382 g/mol. The summed E-state index contributed by atoms with van der Waals surface area (Å²) in [5, 5.41) is 0. The molecule has 0 aliphatic heterocycles. The molecule has 1 aliphatic rings. The van der Waals surface area contributed by atoms with E-state index in [1.54, 1.807) is 0 Å². The number of aryl methyl sites for hydroxylation is 1. The summed E-state index contributed by atoms with van der Waals surface area (Å²) >= 11 is 0. The fourth-order valence-corrected chi connectivity index (χ4v) is 4.60. The number of aromatic nitrogens is 1. The van der Waals surface area contributed by atoms with Crippen molar-refractivity contribution in [1.29, 1.82) is 0 Å². The molecule has 168 valence electrons. The van der Waals surface area contributed by atoms with E-state index in [9.17, 15) is 4.79 Å². The van der Waals surface area contributed by atoms with Crippen molar-refractivity contribution >= 4 is 5.97 Å². The third-order valence-electron chi connectivity index (χ3n) is 6.75. The van der Waals surface area contributed by atoms with Crippen LogP contribution in [-0.2, 0) is 11.2 Å². The maximum atomic E-state index is 12.6. The number of hydrogen-bond donors (Lipinski definition) is 0. The number of nitrogens with zero attached hydrogens (tertiary/aromatic N) is 1. The van der Waals surface area contributed by atoms with Crippen LogP contribution in [0.3, 0.4) is 0 Å². The van der Waals surface area contributed by atoms with Gasteiger partial charge >= 0.3 is 5.97 Å². The highest BCUT2D eigenvalue weighted by Gasteiger charge is 2.27. The summed E-state index contributed by atoms with van der Waals surface area (Å²) in [5.74, 6) is 1.44. The summed E-state index contributed by atoms with van der Waals surface area (Å²) in [4.78, 5) is 17.1. The molecule has 1 saturated carbocycles. The summed E-state index contributed by atoms with van der Waals surface area (Å²) < 4.78 is 5.69. The molecule has 3 rings (SSSR count). The Kier molecular flexibility index (Phi) is 9.58. The number of esters is 1.